The van der Waals surface area contributed by atoms with Gasteiger partial charge in [0.1, 0.15) is 6.54 Å². The number of anilines is 1. The molecule has 1 aliphatic heterocycles. The first-order valence-corrected chi connectivity index (χ1v) is 9.46. The lowest BCUT2D eigenvalue weighted by atomic mass is 10.3. The highest BCUT2D eigenvalue weighted by Crippen LogP contribution is 2.16. The fraction of sp³-hybridized carbons (Fsp3) is 0.312. The van der Waals surface area contributed by atoms with Crippen LogP contribution in [0.5, 0.6) is 0 Å². The Balaban J connectivity index is 1.49. The Kier molecular flexibility index (Phi) is 5.46. The molecule has 1 aliphatic rings. The summed E-state index contributed by atoms with van der Waals surface area (Å²) in [7, 11) is 0. The number of hydrogen-bond donors (Lipinski definition) is 2. The maximum absolute atomic E-state index is 5.55. The Morgan fingerprint density at radius 1 is 1.27 bits per heavy atom. The molecule has 0 radical (unpaired) electrons. The van der Waals surface area contributed by atoms with Crippen LogP contribution in [0.1, 0.15) is 4.88 Å². The van der Waals surface area contributed by atoms with Gasteiger partial charge in [0.05, 0.1) is 31.1 Å². The predicted molar refractivity (Wildman–Crippen MR) is 101 cm³/mol. The second-order valence-electron chi connectivity index (χ2n) is 5.43. The largest absolute Gasteiger partial charge is 0.338 e. The quantitative estimate of drug-likeness (QED) is 0.777. The molecule has 3 nitrogen and oxygen atoms in total. The molecule has 0 atom stereocenters. The first kappa shape index (κ1) is 15.9. The lowest BCUT2D eigenvalue weighted by Gasteiger charge is -2.33. The van der Waals surface area contributed by atoms with E-state index < -0.39 is 0 Å². The molecule has 22 heavy (non-hydrogen) atoms. The number of thiocarbonyl (C=S) groups is 1. The standard InChI is InChI=1S/C16H18BrN3S2/c17-13-3-1-4-14(11-13)18-16(21)20-8-6-19(7-9-20)12-15-5-2-10-22-15/h1-5,10-11H,6-9,12H2,(H,18,21)/p+1. The highest BCUT2D eigenvalue weighted by Gasteiger charge is 2.22. The van der Waals surface area contributed by atoms with Gasteiger partial charge in [-0.05, 0) is 41.9 Å². The van der Waals surface area contributed by atoms with Crippen molar-refractivity contribution in [1.82, 2.24) is 4.90 Å². The van der Waals surface area contributed by atoms with E-state index in [1.54, 1.807) is 4.90 Å². The van der Waals surface area contributed by atoms with E-state index in [-0.39, 0.29) is 0 Å². The van der Waals surface area contributed by atoms with Gasteiger partial charge in [-0.2, -0.15) is 0 Å². The smallest absolute Gasteiger partial charge is 0.173 e. The van der Waals surface area contributed by atoms with Crippen LogP contribution in [0.4, 0.5) is 5.69 Å². The maximum atomic E-state index is 5.55. The predicted octanol–water partition coefficient (Wildman–Crippen LogP) is 2.61. The summed E-state index contributed by atoms with van der Waals surface area (Å²) in [6.45, 7) is 5.44. The van der Waals surface area contributed by atoms with Crippen LogP contribution in [-0.4, -0.2) is 36.2 Å². The summed E-state index contributed by atoms with van der Waals surface area (Å²) in [5.74, 6) is 0. The Morgan fingerprint density at radius 2 is 2.09 bits per heavy atom. The van der Waals surface area contributed by atoms with Crippen molar-refractivity contribution < 1.29 is 4.90 Å². The molecular weight excluding hydrogens is 378 g/mol. The summed E-state index contributed by atoms with van der Waals surface area (Å²) in [5, 5.41) is 6.31. The molecule has 0 amide bonds. The summed E-state index contributed by atoms with van der Waals surface area (Å²) in [4.78, 5) is 5.39. The highest BCUT2D eigenvalue weighted by atomic mass is 79.9. The van der Waals surface area contributed by atoms with Gasteiger partial charge in [-0.1, -0.05) is 28.1 Å². The van der Waals surface area contributed by atoms with Crippen molar-refractivity contribution in [2.75, 3.05) is 31.5 Å². The average Bonchev–Trinajstić information content (AvgIpc) is 3.01. The molecular formula is C16H19BrN3S2+. The zero-order chi connectivity index (χ0) is 15.4. The van der Waals surface area contributed by atoms with E-state index in [0.29, 0.717) is 0 Å². The van der Waals surface area contributed by atoms with Crippen molar-refractivity contribution in [2.24, 2.45) is 0 Å². The summed E-state index contributed by atoms with van der Waals surface area (Å²) in [5.41, 5.74) is 1.03. The van der Waals surface area contributed by atoms with Crippen molar-refractivity contribution >= 4 is 50.3 Å². The molecule has 0 aliphatic carbocycles. The average molecular weight is 397 g/mol. The Morgan fingerprint density at radius 3 is 2.77 bits per heavy atom. The van der Waals surface area contributed by atoms with Crippen molar-refractivity contribution in [3.05, 3.63) is 51.1 Å². The molecule has 0 bridgehead atoms. The molecule has 2 aromatic rings. The Labute approximate surface area is 149 Å². The van der Waals surface area contributed by atoms with E-state index in [9.17, 15) is 0 Å². The van der Waals surface area contributed by atoms with E-state index >= 15 is 0 Å². The summed E-state index contributed by atoms with van der Waals surface area (Å²) >= 11 is 10.9. The molecule has 1 aromatic carbocycles. The van der Waals surface area contributed by atoms with Crippen LogP contribution in [0.25, 0.3) is 0 Å². The van der Waals surface area contributed by atoms with E-state index in [1.807, 2.05) is 35.6 Å². The number of nitrogens with one attached hydrogen (secondary N) is 2. The van der Waals surface area contributed by atoms with E-state index in [2.05, 4.69) is 43.7 Å². The fourth-order valence-electron chi connectivity index (χ4n) is 2.63. The van der Waals surface area contributed by atoms with Gasteiger partial charge in [0.25, 0.3) is 0 Å². The van der Waals surface area contributed by atoms with Crippen molar-refractivity contribution in [3.63, 3.8) is 0 Å². The fourth-order valence-corrected chi connectivity index (χ4v) is 4.11. The van der Waals surface area contributed by atoms with Crippen LogP contribution < -0.4 is 10.2 Å². The molecule has 2 N–H and O–H groups in total. The third kappa shape index (κ3) is 4.29. The minimum Gasteiger partial charge on any atom is -0.338 e. The topological polar surface area (TPSA) is 19.7 Å². The third-order valence-electron chi connectivity index (χ3n) is 3.84. The van der Waals surface area contributed by atoms with Crippen LogP contribution in [0.2, 0.25) is 0 Å². The van der Waals surface area contributed by atoms with Crippen molar-refractivity contribution in [2.45, 2.75) is 6.54 Å². The molecule has 0 saturated carbocycles. The normalized spacial score (nSPS) is 15.8. The highest BCUT2D eigenvalue weighted by molar-refractivity contribution is 9.10. The number of quaternary nitrogens is 1. The number of hydrogen-bond acceptors (Lipinski definition) is 2. The van der Waals surface area contributed by atoms with Crippen LogP contribution in [-0.2, 0) is 6.54 Å². The Bertz CT molecular complexity index is 622. The van der Waals surface area contributed by atoms with Gasteiger partial charge in [0, 0.05) is 10.2 Å². The van der Waals surface area contributed by atoms with Gasteiger partial charge in [-0.3, -0.25) is 0 Å². The number of benzene rings is 1. The number of nitrogens with zero attached hydrogens (tertiary/aromatic N) is 1. The van der Waals surface area contributed by atoms with Crippen LogP contribution in [0.3, 0.4) is 0 Å². The molecule has 6 heteroatoms. The van der Waals surface area contributed by atoms with Gasteiger partial charge < -0.3 is 15.1 Å². The van der Waals surface area contributed by atoms with Gasteiger partial charge in [-0.25, -0.2) is 0 Å². The first-order valence-electron chi connectivity index (χ1n) is 7.38. The first-order chi connectivity index (χ1) is 10.7. The molecule has 1 fully saturated rings. The lowest BCUT2D eigenvalue weighted by molar-refractivity contribution is -0.917. The van der Waals surface area contributed by atoms with E-state index in [0.717, 1.165) is 48.0 Å². The second kappa shape index (κ2) is 7.55. The number of thiophene rings is 1. The molecule has 0 spiro atoms. The molecule has 2 heterocycles. The van der Waals surface area contributed by atoms with Crippen LogP contribution in [0.15, 0.2) is 46.3 Å². The van der Waals surface area contributed by atoms with Crippen LogP contribution >= 0.6 is 39.5 Å². The second-order valence-corrected chi connectivity index (χ2v) is 7.77. The molecule has 1 aromatic heterocycles. The zero-order valence-electron chi connectivity index (χ0n) is 12.2. The maximum Gasteiger partial charge on any atom is 0.173 e. The molecule has 0 unspecified atom stereocenters. The minimum atomic E-state index is 0.827. The Hall–Kier alpha value is -0.950. The molecule has 116 valence electrons. The van der Waals surface area contributed by atoms with E-state index in [1.165, 1.54) is 4.88 Å². The minimum absolute atomic E-state index is 0.827. The third-order valence-corrected chi connectivity index (χ3v) is 5.57. The molecule has 1 saturated heterocycles. The number of halogens is 1. The summed E-state index contributed by atoms with van der Waals surface area (Å²) in [6, 6.07) is 12.5. The van der Waals surface area contributed by atoms with Crippen molar-refractivity contribution in [3.8, 4) is 0 Å². The SMILES string of the molecule is S=C(Nc1cccc(Br)c1)N1CC[NH+](Cc2cccs2)CC1. The monoisotopic (exact) mass is 396 g/mol. The zero-order valence-corrected chi connectivity index (χ0v) is 15.4. The number of rotatable bonds is 3. The van der Waals surface area contributed by atoms with Crippen molar-refractivity contribution in [1.29, 1.82) is 0 Å². The van der Waals surface area contributed by atoms with Crippen LogP contribution in [0, 0.1) is 0 Å². The summed E-state index contributed by atoms with van der Waals surface area (Å²) in [6.07, 6.45) is 0. The molecule has 3 rings (SSSR count). The van der Waals surface area contributed by atoms with Gasteiger partial charge in [0.2, 0.25) is 0 Å². The lowest BCUT2D eigenvalue weighted by Crippen LogP contribution is -3.13. The van der Waals surface area contributed by atoms with Gasteiger partial charge in [-0.15, -0.1) is 11.3 Å². The van der Waals surface area contributed by atoms with E-state index in [4.69, 9.17) is 12.2 Å². The van der Waals surface area contributed by atoms with Gasteiger partial charge in [0.15, 0.2) is 5.11 Å². The number of piperazine rings is 1. The van der Waals surface area contributed by atoms with Gasteiger partial charge >= 0.3 is 0 Å². The summed E-state index contributed by atoms with van der Waals surface area (Å²) < 4.78 is 1.06.